The van der Waals surface area contributed by atoms with Crippen LogP contribution in [-0.4, -0.2) is 19.2 Å². The zero-order valence-electron chi connectivity index (χ0n) is 12.0. The lowest BCUT2D eigenvalue weighted by molar-refractivity contribution is -0.137. The number of benzene rings is 1. The Bertz CT molecular complexity index is 638. The second-order valence-electron chi connectivity index (χ2n) is 5.93. The number of hydrogen-bond donors (Lipinski definition) is 1. The highest BCUT2D eigenvalue weighted by Gasteiger charge is 2.38. The molecule has 8 heteroatoms. The van der Waals surface area contributed by atoms with Gasteiger partial charge in [0.2, 0.25) is 0 Å². The van der Waals surface area contributed by atoms with Crippen LogP contribution in [0.4, 0.5) is 13.2 Å². The number of halogens is 4. The Kier molecular flexibility index (Phi) is 4.80. The number of nitrogens with one attached hydrogen (secondary N) is 1. The van der Waals surface area contributed by atoms with E-state index in [2.05, 4.69) is 4.84 Å². The van der Waals surface area contributed by atoms with Gasteiger partial charge in [-0.25, -0.2) is 13.3 Å². The molecule has 2 rings (SSSR count). The molecule has 3 nitrogen and oxygen atoms in total. The minimum atomic E-state index is -4.56. The Hall–Kier alpha value is -0.790. The molecule has 1 N–H and O–H groups in total. The average Bonchev–Trinajstić information content (AvgIpc) is 2.47. The van der Waals surface area contributed by atoms with Crippen molar-refractivity contribution in [2.75, 3.05) is 0 Å². The van der Waals surface area contributed by atoms with Crippen molar-refractivity contribution in [2.45, 2.75) is 54.5 Å². The van der Waals surface area contributed by atoms with E-state index in [9.17, 15) is 21.6 Å². The maximum absolute atomic E-state index is 12.7. The summed E-state index contributed by atoms with van der Waals surface area (Å²) in [4.78, 5) is 2.38. The lowest BCUT2D eigenvalue weighted by atomic mass is 9.84. The van der Waals surface area contributed by atoms with Crippen LogP contribution in [0.2, 0.25) is 0 Å². The Morgan fingerprint density at radius 3 is 2.36 bits per heavy atom. The smallest absolute Gasteiger partial charge is 0.228 e. The van der Waals surface area contributed by atoms with Crippen LogP contribution in [0.25, 0.3) is 0 Å². The minimum absolute atomic E-state index is 0.269. The number of sulfone groups is 1. The van der Waals surface area contributed by atoms with Gasteiger partial charge in [-0.3, -0.25) is 0 Å². The molecular formula is C14H17ClF3NO2S. The van der Waals surface area contributed by atoms with Crippen molar-refractivity contribution < 1.29 is 21.6 Å². The molecule has 1 fully saturated rings. The van der Waals surface area contributed by atoms with E-state index < -0.39 is 26.8 Å². The topological polar surface area (TPSA) is 46.2 Å². The molecule has 0 atom stereocenters. The van der Waals surface area contributed by atoms with Gasteiger partial charge in [-0.05, 0) is 62.6 Å². The van der Waals surface area contributed by atoms with Gasteiger partial charge in [0, 0.05) is 5.54 Å². The van der Waals surface area contributed by atoms with E-state index in [0.29, 0.717) is 31.7 Å². The summed E-state index contributed by atoms with van der Waals surface area (Å²) in [5.41, 5.74) is -1.28. The first kappa shape index (κ1) is 17.6. The third-order valence-corrected chi connectivity index (χ3v) is 6.91. The van der Waals surface area contributed by atoms with E-state index in [0.717, 1.165) is 12.1 Å². The summed E-state index contributed by atoms with van der Waals surface area (Å²) < 4.78 is 63.3. The SMILES string of the molecule is CC1(NCl)CCC(S(=O)(=O)c2cccc(C(F)(F)F)c2)CC1. The predicted molar refractivity (Wildman–Crippen MR) is 78.3 cm³/mol. The first-order valence-corrected chi connectivity index (χ1v) is 8.80. The van der Waals surface area contributed by atoms with Crippen molar-refractivity contribution in [3.05, 3.63) is 29.8 Å². The van der Waals surface area contributed by atoms with Crippen LogP contribution in [0.3, 0.4) is 0 Å². The average molecular weight is 356 g/mol. The second-order valence-corrected chi connectivity index (χ2v) is 8.34. The van der Waals surface area contributed by atoms with Crippen molar-refractivity contribution in [3.8, 4) is 0 Å². The van der Waals surface area contributed by atoms with Crippen molar-refractivity contribution in [3.63, 3.8) is 0 Å². The number of alkyl halides is 3. The Morgan fingerprint density at radius 1 is 1.27 bits per heavy atom. The van der Waals surface area contributed by atoms with E-state index in [1.807, 2.05) is 6.92 Å². The molecule has 0 heterocycles. The molecule has 22 heavy (non-hydrogen) atoms. The molecule has 1 aliphatic carbocycles. The van der Waals surface area contributed by atoms with Crippen molar-refractivity contribution in [2.24, 2.45) is 0 Å². The summed E-state index contributed by atoms with van der Waals surface area (Å²) >= 11 is 5.65. The molecule has 0 spiro atoms. The van der Waals surface area contributed by atoms with Gasteiger partial charge < -0.3 is 0 Å². The lowest BCUT2D eigenvalue weighted by Gasteiger charge is -2.35. The zero-order chi connectivity index (χ0) is 16.6. The first-order valence-electron chi connectivity index (χ1n) is 6.87. The van der Waals surface area contributed by atoms with Gasteiger partial charge in [0.15, 0.2) is 9.84 Å². The van der Waals surface area contributed by atoms with Crippen molar-refractivity contribution >= 4 is 21.6 Å². The fourth-order valence-electron chi connectivity index (χ4n) is 2.68. The lowest BCUT2D eigenvalue weighted by Crippen LogP contribution is -2.43. The molecule has 0 radical (unpaired) electrons. The Morgan fingerprint density at radius 2 is 1.86 bits per heavy atom. The van der Waals surface area contributed by atoms with E-state index in [-0.39, 0.29) is 10.4 Å². The van der Waals surface area contributed by atoms with Gasteiger partial charge >= 0.3 is 6.18 Å². The van der Waals surface area contributed by atoms with Crippen molar-refractivity contribution in [1.29, 1.82) is 0 Å². The molecule has 0 unspecified atom stereocenters. The molecule has 0 aliphatic heterocycles. The predicted octanol–water partition coefficient (Wildman–Crippen LogP) is 3.92. The summed E-state index contributed by atoms with van der Waals surface area (Å²) in [7, 11) is -3.77. The van der Waals surface area contributed by atoms with Crippen LogP contribution >= 0.6 is 11.8 Å². The molecule has 0 bridgehead atoms. The normalized spacial score (nSPS) is 26.9. The van der Waals surface area contributed by atoms with Crippen molar-refractivity contribution in [1.82, 2.24) is 4.84 Å². The minimum Gasteiger partial charge on any atom is -0.228 e. The van der Waals surface area contributed by atoms with Gasteiger partial charge in [-0.1, -0.05) is 6.07 Å². The third kappa shape index (κ3) is 3.58. The molecule has 1 aromatic carbocycles. The quantitative estimate of drug-likeness (QED) is 0.836. The summed E-state index contributed by atoms with van der Waals surface area (Å²) in [5.74, 6) is 0. The number of hydrogen-bond acceptors (Lipinski definition) is 3. The molecule has 0 saturated heterocycles. The molecule has 1 aromatic rings. The maximum Gasteiger partial charge on any atom is 0.416 e. The highest BCUT2D eigenvalue weighted by atomic mass is 35.5. The van der Waals surface area contributed by atoms with Gasteiger partial charge in [0.1, 0.15) is 0 Å². The van der Waals surface area contributed by atoms with E-state index in [1.165, 1.54) is 6.07 Å². The van der Waals surface area contributed by atoms with Crippen LogP contribution < -0.4 is 4.84 Å². The summed E-state index contributed by atoms with van der Waals surface area (Å²) in [6.07, 6.45) is -2.71. The van der Waals surface area contributed by atoms with Crippen LogP contribution in [0.1, 0.15) is 38.2 Å². The second kappa shape index (κ2) is 6.02. The first-order chi connectivity index (χ1) is 10.1. The standard InChI is InChI=1S/C14H17ClF3NO2S/c1-13(19-15)7-5-11(6-8-13)22(20,21)12-4-2-3-10(9-12)14(16,17)18/h2-4,9,11,19H,5-8H2,1H3. The van der Waals surface area contributed by atoms with E-state index >= 15 is 0 Å². The van der Waals surface area contributed by atoms with Crippen LogP contribution in [-0.2, 0) is 16.0 Å². The Labute approximate surface area is 132 Å². The van der Waals surface area contributed by atoms with Gasteiger partial charge in [-0.2, -0.15) is 13.2 Å². The fraction of sp³-hybridized carbons (Fsp3) is 0.571. The molecule has 0 amide bonds. The van der Waals surface area contributed by atoms with Crippen LogP contribution in [0, 0.1) is 0 Å². The molecule has 0 aromatic heterocycles. The van der Waals surface area contributed by atoms with Gasteiger partial charge in [-0.15, -0.1) is 0 Å². The van der Waals surface area contributed by atoms with Gasteiger partial charge in [0.25, 0.3) is 0 Å². The van der Waals surface area contributed by atoms with E-state index in [1.54, 1.807) is 0 Å². The summed E-state index contributed by atoms with van der Waals surface area (Å²) in [5, 5.41) is -0.672. The molecule has 124 valence electrons. The van der Waals surface area contributed by atoms with Gasteiger partial charge in [0.05, 0.1) is 15.7 Å². The molecule has 1 aliphatic rings. The largest absolute Gasteiger partial charge is 0.416 e. The monoisotopic (exact) mass is 355 g/mol. The fourth-order valence-corrected chi connectivity index (χ4v) is 4.66. The number of rotatable bonds is 3. The molecular weight excluding hydrogens is 339 g/mol. The maximum atomic E-state index is 12.7. The van der Waals surface area contributed by atoms with Crippen LogP contribution in [0.15, 0.2) is 29.2 Å². The van der Waals surface area contributed by atoms with E-state index in [4.69, 9.17) is 11.8 Å². The zero-order valence-corrected chi connectivity index (χ0v) is 13.5. The summed E-state index contributed by atoms with van der Waals surface area (Å²) in [6, 6.07) is 3.93. The summed E-state index contributed by atoms with van der Waals surface area (Å²) in [6.45, 7) is 1.90. The molecule has 1 saturated carbocycles. The Balaban J connectivity index is 2.25. The van der Waals surface area contributed by atoms with Crippen LogP contribution in [0.5, 0.6) is 0 Å². The highest BCUT2D eigenvalue weighted by Crippen LogP contribution is 2.36. The highest BCUT2D eigenvalue weighted by molar-refractivity contribution is 7.92. The third-order valence-electron chi connectivity index (χ3n) is 4.19.